The summed E-state index contributed by atoms with van der Waals surface area (Å²) in [5.41, 5.74) is 0.677. The highest BCUT2D eigenvalue weighted by Gasteiger charge is 2.14. The van der Waals surface area contributed by atoms with Gasteiger partial charge in [-0.1, -0.05) is 30.3 Å². The van der Waals surface area contributed by atoms with Gasteiger partial charge in [-0.25, -0.2) is 4.79 Å². The van der Waals surface area contributed by atoms with Gasteiger partial charge in [0, 0.05) is 6.21 Å². The van der Waals surface area contributed by atoms with Crippen molar-refractivity contribution in [3.63, 3.8) is 0 Å². The molecule has 4 nitrogen and oxygen atoms in total. The van der Waals surface area contributed by atoms with E-state index in [0.717, 1.165) is 5.56 Å². The predicted octanol–water partition coefficient (Wildman–Crippen LogP) is 2.78. The fraction of sp³-hybridized carbons (Fsp3) is 0.429. The molecule has 0 aliphatic carbocycles. The van der Waals surface area contributed by atoms with Crippen molar-refractivity contribution < 1.29 is 9.53 Å². The van der Waals surface area contributed by atoms with Gasteiger partial charge in [0.1, 0.15) is 5.60 Å². The molecular weight excluding hydrogens is 228 g/mol. The number of hydrogen-bond acceptors (Lipinski definition) is 3. The normalized spacial score (nSPS) is 11.5. The first-order valence-corrected chi connectivity index (χ1v) is 5.96. The zero-order valence-corrected chi connectivity index (χ0v) is 11.1. The molecule has 0 atom stereocenters. The van der Waals surface area contributed by atoms with Gasteiger partial charge in [0.25, 0.3) is 0 Å². The Balaban J connectivity index is 2.20. The molecule has 0 aromatic heterocycles. The number of benzene rings is 1. The van der Waals surface area contributed by atoms with Crippen molar-refractivity contribution in [2.24, 2.45) is 4.99 Å². The quantitative estimate of drug-likeness (QED) is 0.833. The fourth-order valence-electron chi connectivity index (χ4n) is 1.26. The average Bonchev–Trinajstić information content (AvgIpc) is 2.27. The van der Waals surface area contributed by atoms with Gasteiger partial charge in [0.2, 0.25) is 0 Å². The molecule has 0 fully saturated rings. The smallest absolute Gasteiger partial charge is 0.407 e. The third kappa shape index (κ3) is 6.68. The summed E-state index contributed by atoms with van der Waals surface area (Å²) in [5.74, 6) is 0. The van der Waals surface area contributed by atoms with Crippen molar-refractivity contribution in [1.29, 1.82) is 0 Å². The highest BCUT2D eigenvalue weighted by Crippen LogP contribution is 2.06. The van der Waals surface area contributed by atoms with E-state index in [9.17, 15) is 4.79 Å². The second kappa shape index (κ2) is 6.79. The number of carbonyl (C=O) groups excluding carboxylic acids is 1. The van der Waals surface area contributed by atoms with Gasteiger partial charge in [-0.2, -0.15) is 0 Å². The van der Waals surface area contributed by atoms with E-state index in [1.165, 1.54) is 0 Å². The van der Waals surface area contributed by atoms with Crippen LogP contribution in [0.2, 0.25) is 0 Å². The molecule has 0 aliphatic rings. The monoisotopic (exact) mass is 248 g/mol. The summed E-state index contributed by atoms with van der Waals surface area (Å²) in [7, 11) is 0. The lowest BCUT2D eigenvalue weighted by Gasteiger charge is -2.19. The van der Waals surface area contributed by atoms with Crippen LogP contribution < -0.4 is 5.32 Å². The summed E-state index contributed by atoms with van der Waals surface area (Å²) in [5, 5.41) is 2.62. The van der Waals surface area contributed by atoms with E-state index in [0.29, 0.717) is 13.1 Å². The van der Waals surface area contributed by atoms with Gasteiger partial charge in [0.05, 0.1) is 13.1 Å². The maximum atomic E-state index is 11.3. The van der Waals surface area contributed by atoms with Crippen LogP contribution in [0.1, 0.15) is 26.3 Å². The zero-order valence-electron chi connectivity index (χ0n) is 11.1. The Kier molecular flexibility index (Phi) is 5.36. The lowest BCUT2D eigenvalue weighted by molar-refractivity contribution is 0.0536. The number of carbonyl (C=O) groups is 1. The van der Waals surface area contributed by atoms with Gasteiger partial charge in [-0.15, -0.1) is 0 Å². The van der Waals surface area contributed by atoms with Crippen molar-refractivity contribution >= 4 is 12.3 Å². The Labute approximate surface area is 108 Å². The van der Waals surface area contributed by atoms with E-state index in [4.69, 9.17) is 4.74 Å². The number of nitrogens with zero attached hydrogens (tertiary/aromatic N) is 1. The Hall–Kier alpha value is -1.84. The number of aliphatic imine (C=N–C) groups is 1. The van der Waals surface area contributed by atoms with Crippen LogP contribution in [0.5, 0.6) is 0 Å². The molecule has 1 rings (SSSR count). The second-order valence-corrected chi connectivity index (χ2v) is 4.89. The number of amides is 1. The first kappa shape index (κ1) is 14.2. The highest BCUT2D eigenvalue weighted by molar-refractivity contribution is 5.72. The molecule has 4 heteroatoms. The van der Waals surface area contributed by atoms with Crippen LogP contribution in [0, 0.1) is 0 Å². The maximum absolute atomic E-state index is 11.3. The van der Waals surface area contributed by atoms with E-state index in [-0.39, 0.29) is 0 Å². The molecule has 0 heterocycles. The van der Waals surface area contributed by atoms with Crippen LogP contribution in [-0.2, 0) is 11.3 Å². The van der Waals surface area contributed by atoms with Gasteiger partial charge in [0.15, 0.2) is 0 Å². The molecule has 1 aromatic carbocycles. The summed E-state index contributed by atoms with van der Waals surface area (Å²) >= 11 is 0. The molecule has 0 spiro atoms. The van der Waals surface area contributed by atoms with Crippen molar-refractivity contribution in [2.75, 3.05) is 6.54 Å². The van der Waals surface area contributed by atoms with Crippen LogP contribution in [0.25, 0.3) is 0 Å². The largest absolute Gasteiger partial charge is 0.444 e. The molecule has 0 unspecified atom stereocenters. The molecule has 0 aliphatic heterocycles. The molecule has 1 amide bonds. The van der Waals surface area contributed by atoms with Crippen LogP contribution in [-0.4, -0.2) is 24.5 Å². The first-order chi connectivity index (χ1) is 8.47. The predicted molar refractivity (Wildman–Crippen MR) is 72.9 cm³/mol. The van der Waals surface area contributed by atoms with Crippen molar-refractivity contribution in [3.05, 3.63) is 35.9 Å². The molecule has 0 bridgehead atoms. The van der Waals surface area contributed by atoms with Gasteiger partial charge in [-0.3, -0.25) is 4.99 Å². The Morgan fingerprint density at radius 2 is 2.00 bits per heavy atom. The minimum absolute atomic E-state index is 0.377. The van der Waals surface area contributed by atoms with Crippen molar-refractivity contribution in [3.8, 4) is 0 Å². The van der Waals surface area contributed by atoms with E-state index in [2.05, 4.69) is 10.3 Å². The molecule has 98 valence electrons. The molecule has 1 N–H and O–H groups in total. The van der Waals surface area contributed by atoms with Crippen LogP contribution >= 0.6 is 0 Å². The van der Waals surface area contributed by atoms with E-state index in [1.54, 1.807) is 6.21 Å². The number of hydrogen-bond donors (Lipinski definition) is 1. The van der Waals surface area contributed by atoms with Crippen LogP contribution in [0.3, 0.4) is 0 Å². The number of nitrogens with one attached hydrogen (secondary N) is 1. The molecular formula is C14H20N2O2. The SMILES string of the molecule is CC(C)(C)OC(=O)NCC=NCc1ccccc1. The zero-order chi connectivity index (χ0) is 13.4. The summed E-state index contributed by atoms with van der Waals surface area (Å²) in [4.78, 5) is 15.5. The summed E-state index contributed by atoms with van der Waals surface area (Å²) in [6.45, 7) is 6.49. The number of alkyl carbamates (subject to hydrolysis) is 1. The molecule has 0 radical (unpaired) electrons. The molecule has 1 aromatic rings. The topological polar surface area (TPSA) is 50.7 Å². The first-order valence-electron chi connectivity index (χ1n) is 5.96. The Morgan fingerprint density at radius 3 is 2.61 bits per heavy atom. The number of rotatable bonds is 4. The molecule has 0 saturated carbocycles. The van der Waals surface area contributed by atoms with Crippen LogP contribution in [0.4, 0.5) is 4.79 Å². The standard InChI is InChI=1S/C14H20N2O2/c1-14(2,3)18-13(17)16-10-9-15-11-12-7-5-4-6-8-12/h4-9H,10-11H2,1-3H3,(H,16,17). The Morgan fingerprint density at radius 1 is 1.33 bits per heavy atom. The molecule has 18 heavy (non-hydrogen) atoms. The third-order valence-corrected chi connectivity index (χ3v) is 1.98. The highest BCUT2D eigenvalue weighted by atomic mass is 16.6. The minimum Gasteiger partial charge on any atom is -0.444 e. The van der Waals surface area contributed by atoms with E-state index >= 15 is 0 Å². The summed E-state index contributed by atoms with van der Waals surface area (Å²) in [6.07, 6.45) is 1.25. The lowest BCUT2D eigenvalue weighted by atomic mass is 10.2. The third-order valence-electron chi connectivity index (χ3n) is 1.98. The van der Waals surface area contributed by atoms with E-state index < -0.39 is 11.7 Å². The van der Waals surface area contributed by atoms with Gasteiger partial charge in [-0.05, 0) is 26.3 Å². The van der Waals surface area contributed by atoms with Gasteiger partial charge < -0.3 is 10.1 Å². The van der Waals surface area contributed by atoms with Crippen molar-refractivity contribution in [2.45, 2.75) is 32.9 Å². The van der Waals surface area contributed by atoms with Gasteiger partial charge >= 0.3 is 6.09 Å². The molecule has 0 saturated heterocycles. The lowest BCUT2D eigenvalue weighted by Crippen LogP contribution is -2.33. The minimum atomic E-state index is -0.467. The average molecular weight is 248 g/mol. The second-order valence-electron chi connectivity index (χ2n) is 4.89. The fourth-order valence-corrected chi connectivity index (χ4v) is 1.26. The van der Waals surface area contributed by atoms with E-state index in [1.807, 2.05) is 51.1 Å². The maximum Gasteiger partial charge on any atom is 0.407 e. The summed E-state index contributed by atoms with van der Waals surface area (Å²) < 4.78 is 5.09. The number of ether oxygens (including phenoxy) is 1. The summed E-state index contributed by atoms with van der Waals surface area (Å²) in [6, 6.07) is 9.95. The Bertz CT molecular complexity index is 394. The van der Waals surface area contributed by atoms with Crippen molar-refractivity contribution in [1.82, 2.24) is 5.32 Å². The van der Waals surface area contributed by atoms with Crippen LogP contribution in [0.15, 0.2) is 35.3 Å².